The third kappa shape index (κ3) is 4.13. The molecule has 0 fully saturated rings. The lowest BCUT2D eigenvalue weighted by Crippen LogP contribution is -2.47. The van der Waals surface area contributed by atoms with Crippen LogP contribution >= 0.6 is 0 Å². The number of halogens is 4. The number of carbonyl (C=O) groups excluding carboxylic acids is 2. The van der Waals surface area contributed by atoms with E-state index in [1.807, 2.05) is 0 Å². The maximum atomic E-state index is 13.4. The van der Waals surface area contributed by atoms with E-state index >= 15 is 0 Å². The first-order chi connectivity index (χ1) is 15.2. The molecule has 0 saturated heterocycles. The van der Waals surface area contributed by atoms with Gasteiger partial charge in [0.05, 0.1) is 36.6 Å². The van der Waals surface area contributed by atoms with Crippen LogP contribution in [0.3, 0.4) is 0 Å². The van der Waals surface area contributed by atoms with E-state index in [0.29, 0.717) is 12.2 Å². The molecule has 11 heteroatoms. The van der Waals surface area contributed by atoms with Crippen molar-refractivity contribution in [3.63, 3.8) is 0 Å². The molecule has 7 nitrogen and oxygen atoms in total. The lowest BCUT2D eigenvalue weighted by atomic mass is 10.1. The Hall–Kier alpha value is -3.89. The van der Waals surface area contributed by atoms with Crippen LogP contribution in [0.4, 0.5) is 33.7 Å². The van der Waals surface area contributed by atoms with Crippen LogP contribution in [0.5, 0.6) is 0 Å². The van der Waals surface area contributed by atoms with Gasteiger partial charge in [-0.3, -0.25) is 9.48 Å². The van der Waals surface area contributed by atoms with E-state index in [4.69, 9.17) is 0 Å². The number of amides is 3. The normalized spacial score (nSPS) is 15.3. The number of fused-ring (bicyclic) bond motifs is 1. The molecular formula is C21H17F4N5O2. The van der Waals surface area contributed by atoms with Gasteiger partial charge in [-0.1, -0.05) is 0 Å². The maximum Gasteiger partial charge on any atom is 0.322 e. The Kier molecular flexibility index (Phi) is 5.56. The van der Waals surface area contributed by atoms with E-state index in [2.05, 4.69) is 15.7 Å². The molecule has 4 rings (SSSR count). The van der Waals surface area contributed by atoms with Crippen LogP contribution in [0.2, 0.25) is 0 Å². The number of aromatic nitrogens is 2. The summed E-state index contributed by atoms with van der Waals surface area (Å²) in [7, 11) is 0. The molecule has 1 aliphatic heterocycles. The zero-order chi connectivity index (χ0) is 23.0. The van der Waals surface area contributed by atoms with Gasteiger partial charge in [0.25, 0.3) is 5.91 Å². The van der Waals surface area contributed by atoms with Crippen molar-refractivity contribution in [2.45, 2.75) is 26.1 Å². The standard InChI is InChI=1S/C21H17F4N5O2/c1-11-9-30-19(10-29(11)21(32)28-13-3-5-16(23)18(25)7-13)14(8-26-30)20(31)27-12-2-4-15(22)17(24)6-12/h2-8,11H,9-10H2,1H3,(H,27,31)(H,28,32)/t11-/m0/s1. The van der Waals surface area contributed by atoms with Gasteiger partial charge >= 0.3 is 6.03 Å². The topological polar surface area (TPSA) is 79.3 Å². The van der Waals surface area contributed by atoms with Gasteiger partial charge in [0.2, 0.25) is 0 Å². The molecule has 0 bridgehead atoms. The van der Waals surface area contributed by atoms with Crippen molar-refractivity contribution >= 4 is 23.3 Å². The van der Waals surface area contributed by atoms with Crippen molar-refractivity contribution in [3.8, 4) is 0 Å². The minimum atomic E-state index is -1.10. The molecular weight excluding hydrogens is 430 g/mol. The Bertz CT molecular complexity index is 1210. The Morgan fingerprint density at radius 3 is 2.12 bits per heavy atom. The van der Waals surface area contributed by atoms with Crippen LogP contribution in [0, 0.1) is 23.3 Å². The summed E-state index contributed by atoms with van der Waals surface area (Å²) in [4.78, 5) is 26.8. The number of hydrogen-bond acceptors (Lipinski definition) is 3. The van der Waals surface area contributed by atoms with Crippen molar-refractivity contribution in [2.75, 3.05) is 10.6 Å². The second kappa shape index (κ2) is 8.33. The fraction of sp³-hybridized carbons (Fsp3) is 0.190. The van der Waals surface area contributed by atoms with E-state index < -0.39 is 35.2 Å². The summed E-state index contributed by atoms with van der Waals surface area (Å²) in [5.41, 5.74) is 0.735. The van der Waals surface area contributed by atoms with Gasteiger partial charge in [0.15, 0.2) is 23.3 Å². The van der Waals surface area contributed by atoms with E-state index in [9.17, 15) is 27.2 Å². The van der Waals surface area contributed by atoms with E-state index in [0.717, 1.165) is 24.3 Å². The first-order valence-corrected chi connectivity index (χ1v) is 9.56. The summed E-state index contributed by atoms with van der Waals surface area (Å²) in [6.45, 7) is 2.08. The fourth-order valence-electron chi connectivity index (χ4n) is 3.40. The Balaban J connectivity index is 1.52. The summed E-state index contributed by atoms with van der Waals surface area (Å²) >= 11 is 0. The van der Waals surface area contributed by atoms with E-state index in [-0.39, 0.29) is 29.5 Å². The minimum absolute atomic E-state index is 0.0111. The SMILES string of the molecule is C[C@H]1Cn2ncc(C(=O)Nc3ccc(F)c(F)c3)c2CN1C(=O)Nc1ccc(F)c(F)c1. The highest BCUT2D eigenvalue weighted by molar-refractivity contribution is 6.05. The van der Waals surface area contributed by atoms with Crippen molar-refractivity contribution < 1.29 is 27.2 Å². The van der Waals surface area contributed by atoms with Crippen LogP contribution in [-0.4, -0.2) is 32.7 Å². The van der Waals surface area contributed by atoms with Crippen LogP contribution in [0.1, 0.15) is 23.0 Å². The average Bonchev–Trinajstić information content (AvgIpc) is 3.15. The average molecular weight is 447 g/mol. The molecule has 3 amide bonds. The molecule has 2 heterocycles. The second-order valence-corrected chi connectivity index (χ2v) is 7.31. The number of nitrogens with zero attached hydrogens (tertiary/aromatic N) is 3. The Morgan fingerprint density at radius 2 is 1.53 bits per heavy atom. The molecule has 1 aliphatic rings. The lowest BCUT2D eigenvalue weighted by Gasteiger charge is -2.34. The highest BCUT2D eigenvalue weighted by atomic mass is 19.2. The quantitative estimate of drug-likeness (QED) is 0.593. The molecule has 0 radical (unpaired) electrons. The first-order valence-electron chi connectivity index (χ1n) is 9.56. The molecule has 1 aromatic heterocycles. The lowest BCUT2D eigenvalue weighted by molar-refractivity contribution is 0.102. The monoisotopic (exact) mass is 447 g/mol. The van der Waals surface area contributed by atoms with Crippen molar-refractivity contribution in [1.29, 1.82) is 0 Å². The van der Waals surface area contributed by atoms with Gasteiger partial charge in [0, 0.05) is 23.5 Å². The number of urea groups is 1. The molecule has 0 unspecified atom stereocenters. The van der Waals surface area contributed by atoms with Gasteiger partial charge < -0.3 is 15.5 Å². The molecule has 0 aliphatic carbocycles. The summed E-state index contributed by atoms with van der Waals surface area (Å²) < 4.78 is 54.6. The molecule has 2 N–H and O–H groups in total. The molecule has 0 spiro atoms. The minimum Gasteiger partial charge on any atom is -0.322 e. The number of nitrogens with one attached hydrogen (secondary N) is 2. The van der Waals surface area contributed by atoms with Gasteiger partial charge in [-0.2, -0.15) is 5.10 Å². The van der Waals surface area contributed by atoms with Crippen LogP contribution < -0.4 is 10.6 Å². The van der Waals surface area contributed by atoms with Gasteiger partial charge in [0.1, 0.15) is 0 Å². The van der Waals surface area contributed by atoms with E-state index in [1.54, 1.807) is 11.6 Å². The molecule has 32 heavy (non-hydrogen) atoms. The maximum absolute atomic E-state index is 13.4. The van der Waals surface area contributed by atoms with Gasteiger partial charge in [-0.25, -0.2) is 22.4 Å². The van der Waals surface area contributed by atoms with Crippen molar-refractivity contribution in [1.82, 2.24) is 14.7 Å². The highest BCUT2D eigenvalue weighted by Gasteiger charge is 2.31. The van der Waals surface area contributed by atoms with Crippen LogP contribution in [0.15, 0.2) is 42.6 Å². The predicted molar refractivity (Wildman–Crippen MR) is 107 cm³/mol. The number of anilines is 2. The predicted octanol–water partition coefficient (Wildman–Crippen LogP) is 4.13. The largest absolute Gasteiger partial charge is 0.322 e. The molecule has 2 aromatic carbocycles. The summed E-state index contributed by atoms with van der Waals surface area (Å²) in [6, 6.07) is 5.09. The molecule has 0 saturated carbocycles. The fourth-order valence-corrected chi connectivity index (χ4v) is 3.40. The number of benzene rings is 2. The van der Waals surface area contributed by atoms with Crippen molar-refractivity contribution in [2.24, 2.45) is 0 Å². The third-order valence-electron chi connectivity index (χ3n) is 5.09. The summed E-state index contributed by atoms with van der Waals surface area (Å²) in [6.07, 6.45) is 1.33. The molecule has 166 valence electrons. The van der Waals surface area contributed by atoms with Gasteiger partial charge in [-0.05, 0) is 31.2 Å². The summed E-state index contributed by atoms with van der Waals surface area (Å²) in [5.74, 6) is -4.87. The van der Waals surface area contributed by atoms with Crippen LogP contribution in [-0.2, 0) is 13.1 Å². The first kappa shape index (κ1) is 21.3. The van der Waals surface area contributed by atoms with Crippen molar-refractivity contribution in [3.05, 3.63) is 77.1 Å². The van der Waals surface area contributed by atoms with Crippen LogP contribution in [0.25, 0.3) is 0 Å². The van der Waals surface area contributed by atoms with Gasteiger partial charge in [-0.15, -0.1) is 0 Å². The second-order valence-electron chi connectivity index (χ2n) is 7.31. The summed E-state index contributed by atoms with van der Waals surface area (Å²) in [5, 5.41) is 9.15. The number of hydrogen-bond donors (Lipinski definition) is 2. The number of rotatable bonds is 3. The van der Waals surface area contributed by atoms with E-state index in [1.165, 1.54) is 23.2 Å². The molecule has 1 atom stereocenters. The smallest absolute Gasteiger partial charge is 0.322 e. The zero-order valence-corrected chi connectivity index (χ0v) is 16.7. The number of carbonyl (C=O) groups is 2. The zero-order valence-electron chi connectivity index (χ0n) is 16.7. The Morgan fingerprint density at radius 1 is 0.938 bits per heavy atom. The molecule has 3 aromatic rings. The third-order valence-corrected chi connectivity index (χ3v) is 5.09. The Labute approximate surface area is 179 Å². The highest BCUT2D eigenvalue weighted by Crippen LogP contribution is 2.23.